The minimum Gasteiger partial charge on any atom is -0.354 e. The number of thiophene rings is 1. The van der Waals surface area contributed by atoms with Crippen LogP contribution >= 0.6 is 23.1 Å². The van der Waals surface area contributed by atoms with Gasteiger partial charge in [0.05, 0.1) is 5.69 Å². The highest BCUT2D eigenvalue weighted by Gasteiger charge is 2.29. The van der Waals surface area contributed by atoms with Crippen LogP contribution in [0.25, 0.3) is 0 Å². The Morgan fingerprint density at radius 3 is 2.62 bits per heavy atom. The van der Waals surface area contributed by atoms with Gasteiger partial charge >= 0.3 is 0 Å². The van der Waals surface area contributed by atoms with Crippen LogP contribution in [-0.4, -0.2) is 38.4 Å². The van der Waals surface area contributed by atoms with Gasteiger partial charge in [-0.2, -0.15) is 11.8 Å². The van der Waals surface area contributed by atoms with Crippen molar-refractivity contribution < 1.29 is 17.6 Å². The first-order valence-electron chi connectivity index (χ1n) is 9.67. The van der Waals surface area contributed by atoms with Crippen LogP contribution in [0, 0.1) is 5.82 Å². The van der Waals surface area contributed by atoms with E-state index in [9.17, 15) is 17.6 Å². The number of rotatable bonds is 9. The number of halogens is 1. The summed E-state index contributed by atoms with van der Waals surface area (Å²) in [5, 5.41) is 5.06. The lowest BCUT2D eigenvalue weighted by molar-refractivity contribution is -0.119. The minimum atomic E-state index is -4.03. The van der Waals surface area contributed by atoms with Gasteiger partial charge in [0.2, 0.25) is 5.91 Å². The number of anilines is 1. The molecule has 0 unspecified atom stereocenters. The van der Waals surface area contributed by atoms with Crippen LogP contribution in [0.2, 0.25) is 0 Å². The molecule has 1 aromatic heterocycles. The van der Waals surface area contributed by atoms with E-state index in [1.54, 1.807) is 17.5 Å². The Kier molecular flexibility index (Phi) is 7.97. The van der Waals surface area contributed by atoms with E-state index in [4.69, 9.17) is 0 Å². The fourth-order valence-electron chi connectivity index (χ4n) is 3.31. The standard InChI is InChI=1S/C20H25FN2O3S3/c21-17-9-4-5-10-18(17)23(29(25,26)20-11-6-13-28-20)15-19(24)22-12-14-27-16-7-2-1-3-8-16/h4-6,9-11,13,16H,1-3,7-8,12,14-15H2,(H,22,24). The first-order chi connectivity index (χ1) is 14.0. The molecule has 1 N–H and O–H groups in total. The smallest absolute Gasteiger partial charge is 0.274 e. The first-order valence-corrected chi connectivity index (χ1v) is 13.0. The SMILES string of the molecule is O=C(CN(c1ccccc1F)S(=O)(=O)c1cccs1)NCCSC1CCCCC1. The van der Waals surface area contributed by atoms with Crippen molar-refractivity contribution in [2.75, 3.05) is 23.1 Å². The third-order valence-corrected chi connectivity index (χ3v) is 9.29. The van der Waals surface area contributed by atoms with E-state index in [1.165, 1.54) is 56.4 Å². The molecular weight excluding hydrogens is 431 g/mol. The molecule has 2 aromatic rings. The number of carbonyl (C=O) groups excluding carboxylic acids is 1. The summed E-state index contributed by atoms with van der Waals surface area (Å²) in [4.78, 5) is 12.5. The fraction of sp³-hybridized carbons (Fsp3) is 0.450. The lowest BCUT2D eigenvalue weighted by Crippen LogP contribution is -2.41. The highest BCUT2D eigenvalue weighted by molar-refractivity contribution is 7.99. The van der Waals surface area contributed by atoms with Gasteiger partial charge in [-0.3, -0.25) is 9.10 Å². The third kappa shape index (κ3) is 5.96. The molecule has 1 amide bonds. The van der Waals surface area contributed by atoms with Gasteiger partial charge in [0.1, 0.15) is 16.6 Å². The average Bonchev–Trinajstić information content (AvgIpc) is 3.27. The molecule has 1 saturated carbocycles. The van der Waals surface area contributed by atoms with E-state index in [1.807, 2.05) is 11.8 Å². The van der Waals surface area contributed by atoms with Crippen molar-refractivity contribution in [1.82, 2.24) is 5.32 Å². The molecule has 158 valence electrons. The highest BCUT2D eigenvalue weighted by Crippen LogP contribution is 2.29. The predicted octanol–water partition coefficient (Wildman–Crippen LogP) is 4.26. The zero-order chi connectivity index (χ0) is 20.7. The number of amides is 1. The number of carbonyl (C=O) groups is 1. The van der Waals surface area contributed by atoms with Crippen LogP contribution < -0.4 is 9.62 Å². The van der Waals surface area contributed by atoms with Crippen LogP contribution in [0.1, 0.15) is 32.1 Å². The van der Waals surface area contributed by atoms with Gasteiger partial charge in [0, 0.05) is 17.5 Å². The number of hydrogen-bond acceptors (Lipinski definition) is 5. The topological polar surface area (TPSA) is 66.5 Å². The lowest BCUT2D eigenvalue weighted by atomic mass is 10.0. The molecule has 0 aliphatic heterocycles. The largest absolute Gasteiger partial charge is 0.354 e. The Bertz CT molecular complexity index is 897. The molecule has 3 rings (SSSR count). The van der Waals surface area contributed by atoms with E-state index in [0.29, 0.717) is 11.8 Å². The number of benzene rings is 1. The summed E-state index contributed by atoms with van der Waals surface area (Å²) in [5.74, 6) is -0.348. The van der Waals surface area contributed by atoms with Crippen LogP contribution in [0.5, 0.6) is 0 Å². The summed E-state index contributed by atoms with van der Waals surface area (Å²) in [6, 6.07) is 8.65. The maximum Gasteiger partial charge on any atom is 0.274 e. The highest BCUT2D eigenvalue weighted by atomic mass is 32.2. The van der Waals surface area contributed by atoms with Gasteiger partial charge in [-0.25, -0.2) is 12.8 Å². The van der Waals surface area contributed by atoms with E-state index in [-0.39, 0.29) is 9.90 Å². The molecule has 1 aliphatic rings. The summed E-state index contributed by atoms with van der Waals surface area (Å²) < 4.78 is 41.3. The predicted molar refractivity (Wildman–Crippen MR) is 118 cm³/mol. The lowest BCUT2D eigenvalue weighted by Gasteiger charge is -2.24. The van der Waals surface area contributed by atoms with E-state index >= 15 is 0 Å². The van der Waals surface area contributed by atoms with Gasteiger partial charge < -0.3 is 5.32 Å². The van der Waals surface area contributed by atoms with Crippen LogP contribution in [0.15, 0.2) is 46.0 Å². The summed E-state index contributed by atoms with van der Waals surface area (Å²) in [6.45, 7) is -0.000572. The average molecular weight is 457 g/mol. The van der Waals surface area contributed by atoms with E-state index in [2.05, 4.69) is 5.32 Å². The second kappa shape index (κ2) is 10.4. The third-order valence-electron chi connectivity index (χ3n) is 4.78. The van der Waals surface area contributed by atoms with E-state index < -0.39 is 28.3 Å². The van der Waals surface area contributed by atoms with Crippen LogP contribution in [-0.2, 0) is 14.8 Å². The maximum absolute atomic E-state index is 14.3. The molecule has 1 aromatic carbocycles. The first kappa shape index (κ1) is 22.1. The van der Waals surface area contributed by atoms with Crippen molar-refractivity contribution in [3.05, 3.63) is 47.6 Å². The van der Waals surface area contributed by atoms with Crippen molar-refractivity contribution in [3.8, 4) is 0 Å². The summed E-state index contributed by atoms with van der Waals surface area (Å²) in [6.07, 6.45) is 6.28. The maximum atomic E-state index is 14.3. The quantitative estimate of drug-likeness (QED) is 0.573. The normalized spacial score (nSPS) is 15.2. The van der Waals surface area contributed by atoms with Gasteiger partial charge in [0.25, 0.3) is 10.0 Å². The van der Waals surface area contributed by atoms with E-state index in [0.717, 1.165) is 21.4 Å². The van der Waals surface area contributed by atoms with Crippen LogP contribution in [0.3, 0.4) is 0 Å². The Morgan fingerprint density at radius 2 is 1.93 bits per heavy atom. The number of nitrogens with zero attached hydrogens (tertiary/aromatic N) is 1. The zero-order valence-electron chi connectivity index (χ0n) is 16.1. The van der Waals surface area contributed by atoms with Crippen molar-refractivity contribution in [1.29, 1.82) is 0 Å². The Labute approximate surface area is 179 Å². The molecule has 0 spiro atoms. The number of sulfonamides is 1. The fourth-order valence-corrected chi connectivity index (χ4v) is 7.06. The Morgan fingerprint density at radius 1 is 1.17 bits per heavy atom. The van der Waals surface area contributed by atoms with Gasteiger partial charge in [-0.05, 0) is 36.4 Å². The molecule has 9 heteroatoms. The van der Waals surface area contributed by atoms with Crippen molar-refractivity contribution in [3.63, 3.8) is 0 Å². The van der Waals surface area contributed by atoms with Gasteiger partial charge in [-0.1, -0.05) is 37.5 Å². The molecular formula is C20H25FN2O3S3. The zero-order valence-corrected chi connectivity index (χ0v) is 18.5. The molecule has 0 bridgehead atoms. The molecule has 5 nitrogen and oxygen atoms in total. The molecule has 0 atom stereocenters. The molecule has 0 radical (unpaired) electrons. The van der Waals surface area contributed by atoms with Crippen molar-refractivity contribution >= 4 is 44.7 Å². The molecule has 29 heavy (non-hydrogen) atoms. The molecule has 1 fully saturated rings. The molecule has 1 heterocycles. The monoisotopic (exact) mass is 456 g/mol. The Balaban J connectivity index is 1.64. The summed E-state index contributed by atoms with van der Waals surface area (Å²) >= 11 is 2.89. The minimum absolute atomic E-state index is 0.0707. The van der Waals surface area contributed by atoms with Crippen molar-refractivity contribution in [2.45, 2.75) is 41.6 Å². The summed E-state index contributed by atoms with van der Waals surface area (Å²) in [7, 11) is -4.03. The molecule has 0 saturated heterocycles. The second-order valence-corrected chi connectivity index (χ2v) is 11.3. The number of para-hydroxylation sites is 1. The Hall–Kier alpha value is -1.58. The van der Waals surface area contributed by atoms with Gasteiger partial charge in [-0.15, -0.1) is 11.3 Å². The number of hydrogen-bond donors (Lipinski definition) is 1. The summed E-state index contributed by atoms with van der Waals surface area (Å²) in [5.41, 5.74) is -0.132. The van der Waals surface area contributed by atoms with Crippen LogP contribution in [0.4, 0.5) is 10.1 Å². The second-order valence-electron chi connectivity index (χ2n) is 6.88. The van der Waals surface area contributed by atoms with Crippen molar-refractivity contribution in [2.24, 2.45) is 0 Å². The number of thioether (sulfide) groups is 1. The molecule has 1 aliphatic carbocycles. The van der Waals surface area contributed by atoms with Gasteiger partial charge in [0.15, 0.2) is 0 Å². The number of nitrogens with one attached hydrogen (secondary N) is 1.